The van der Waals surface area contributed by atoms with E-state index in [4.69, 9.17) is 4.74 Å². The lowest BCUT2D eigenvalue weighted by Crippen LogP contribution is -2.35. The van der Waals surface area contributed by atoms with Gasteiger partial charge >= 0.3 is 0 Å². The Morgan fingerprint density at radius 1 is 1.50 bits per heavy atom. The molecule has 3 atom stereocenters. The molecule has 0 aromatic rings. The largest absolute Gasteiger partial charge is 0.390 e. The molecule has 0 bridgehead atoms. The van der Waals surface area contributed by atoms with E-state index < -0.39 is 0 Å². The Bertz CT molecular complexity index is 130. The van der Waals surface area contributed by atoms with E-state index in [2.05, 4.69) is 0 Å². The summed E-state index contributed by atoms with van der Waals surface area (Å²) in [4.78, 5) is 0. The molecule has 1 fully saturated rings. The number of ether oxygens (including phenoxy) is 1. The Hall–Kier alpha value is 0.137. The smallest absolute Gasteiger partial charge is 0.0830 e. The average molecular weight is 188 g/mol. The van der Waals surface area contributed by atoms with Crippen LogP contribution >= 0.6 is 0 Å². The number of hydrogen-bond acceptors (Lipinski definition) is 2. The van der Waals surface area contributed by atoms with E-state index >= 15 is 0 Å². The SMILES string of the molecule is COC1CCC(CC[SiH3])CC1O. The quantitative estimate of drug-likeness (QED) is 0.647. The first-order valence-electron chi connectivity index (χ1n) is 4.98. The standard InChI is InChI=1S/C9H20O2Si/c1-11-9-3-2-7(4-5-12)6-8(9)10/h7-10H,2-6H2,1,12H3. The summed E-state index contributed by atoms with van der Waals surface area (Å²) in [5.41, 5.74) is 0. The molecule has 1 aliphatic carbocycles. The maximum atomic E-state index is 9.65. The van der Waals surface area contributed by atoms with Gasteiger partial charge in [0.1, 0.15) is 0 Å². The lowest BCUT2D eigenvalue weighted by atomic mass is 9.84. The van der Waals surface area contributed by atoms with Crippen LogP contribution < -0.4 is 0 Å². The Balaban J connectivity index is 2.30. The van der Waals surface area contributed by atoms with E-state index in [9.17, 15) is 5.11 Å². The summed E-state index contributed by atoms with van der Waals surface area (Å²) in [5, 5.41) is 9.65. The van der Waals surface area contributed by atoms with Crippen molar-refractivity contribution >= 4 is 10.2 Å². The molecule has 2 nitrogen and oxygen atoms in total. The molecule has 1 N–H and O–H groups in total. The molecular weight excluding hydrogens is 168 g/mol. The summed E-state index contributed by atoms with van der Waals surface area (Å²) < 4.78 is 5.19. The molecule has 0 saturated heterocycles. The van der Waals surface area contributed by atoms with Gasteiger partial charge in [-0.1, -0.05) is 12.5 Å². The molecule has 0 aromatic carbocycles. The van der Waals surface area contributed by atoms with Crippen molar-refractivity contribution in [2.24, 2.45) is 5.92 Å². The van der Waals surface area contributed by atoms with Crippen molar-refractivity contribution in [1.82, 2.24) is 0 Å². The first-order chi connectivity index (χ1) is 5.77. The fourth-order valence-corrected chi connectivity index (χ4v) is 2.97. The third kappa shape index (κ3) is 2.57. The topological polar surface area (TPSA) is 29.5 Å². The van der Waals surface area contributed by atoms with Crippen LogP contribution in [0, 0.1) is 5.92 Å². The Kier molecular flexibility index (Phi) is 4.25. The van der Waals surface area contributed by atoms with Crippen molar-refractivity contribution in [1.29, 1.82) is 0 Å². The van der Waals surface area contributed by atoms with Crippen LogP contribution in [0.1, 0.15) is 25.7 Å². The molecule has 0 aromatic heterocycles. The second-order valence-electron chi connectivity index (χ2n) is 3.81. The molecule has 1 rings (SSSR count). The van der Waals surface area contributed by atoms with Crippen molar-refractivity contribution in [3.8, 4) is 0 Å². The third-order valence-electron chi connectivity index (χ3n) is 2.86. The van der Waals surface area contributed by atoms with Crippen LogP contribution in [0.2, 0.25) is 6.04 Å². The number of aliphatic hydroxyl groups is 1. The summed E-state index contributed by atoms with van der Waals surface area (Å²) in [6.07, 6.45) is 4.47. The van der Waals surface area contributed by atoms with Crippen LogP contribution in [0.15, 0.2) is 0 Å². The highest BCUT2D eigenvalue weighted by atomic mass is 28.1. The van der Waals surface area contributed by atoms with Gasteiger partial charge in [0.05, 0.1) is 12.2 Å². The van der Waals surface area contributed by atoms with Crippen LogP contribution in [-0.2, 0) is 4.74 Å². The van der Waals surface area contributed by atoms with E-state index in [0.717, 1.165) is 18.8 Å². The maximum Gasteiger partial charge on any atom is 0.0830 e. The second-order valence-corrected chi connectivity index (χ2v) is 4.81. The van der Waals surface area contributed by atoms with Crippen LogP contribution in [-0.4, -0.2) is 34.7 Å². The second kappa shape index (κ2) is 4.99. The predicted octanol–water partition coefficient (Wildman–Crippen LogP) is 0.336. The fourth-order valence-electron chi connectivity index (χ4n) is 2.15. The zero-order chi connectivity index (χ0) is 8.97. The molecule has 72 valence electrons. The molecule has 0 spiro atoms. The van der Waals surface area contributed by atoms with Gasteiger partial charge < -0.3 is 9.84 Å². The van der Waals surface area contributed by atoms with Gasteiger partial charge in [-0.15, -0.1) is 0 Å². The van der Waals surface area contributed by atoms with Gasteiger partial charge in [0.2, 0.25) is 0 Å². The zero-order valence-electron chi connectivity index (χ0n) is 8.12. The molecule has 0 amide bonds. The van der Waals surface area contributed by atoms with Crippen molar-refractivity contribution in [2.75, 3.05) is 7.11 Å². The van der Waals surface area contributed by atoms with Gasteiger partial charge in [-0.2, -0.15) is 0 Å². The maximum absolute atomic E-state index is 9.65. The molecule has 0 heterocycles. The van der Waals surface area contributed by atoms with Gasteiger partial charge in [-0.05, 0) is 25.2 Å². The lowest BCUT2D eigenvalue weighted by Gasteiger charge is -2.31. The summed E-state index contributed by atoms with van der Waals surface area (Å²) in [7, 11) is 2.99. The summed E-state index contributed by atoms with van der Waals surface area (Å²) in [6.45, 7) is 0. The molecule has 0 radical (unpaired) electrons. The van der Waals surface area contributed by atoms with Crippen molar-refractivity contribution in [3.05, 3.63) is 0 Å². The van der Waals surface area contributed by atoms with E-state index in [1.807, 2.05) is 0 Å². The van der Waals surface area contributed by atoms with Crippen LogP contribution in [0.25, 0.3) is 0 Å². The number of aliphatic hydroxyl groups excluding tert-OH is 1. The molecule has 1 saturated carbocycles. The molecule has 12 heavy (non-hydrogen) atoms. The average Bonchev–Trinajstić information content (AvgIpc) is 2.05. The lowest BCUT2D eigenvalue weighted by molar-refractivity contribution is -0.0500. The minimum absolute atomic E-state index is 0.107. The Morgan fingerprint density at radius 2 is 2.25 bits per heavy atom. The highest BCUT2D eigenvalue weighted by Crippen LogP contribution is 2.29. The van der Waals surface area contributed by atoms with Gasteiger partial charge in [0, 0.05) is 17.4 Å². The highest BCUT2D eigenvalue weighted by Gasteiger charge is 2.28. The predicted molar refractivity (Wildman–Crippen MR) is 53.5 cm³/mol. The molecule has 3 heteroatoms. The van der Waals surface area contributed by atoms with E-state index in [1.54, 1.807) is 7.11 Å². The summed E-state index contributed by atoms with van der Waals surface area (Å²) in [6, 6.07) is 1.37. The van der Waals surface area contributed by atoms with Crippen LogP contribution in [0.4, 0.5) is 0 Å². The summed E-state index contributed by atoms with van der Waals surface area (Å²) in [5.74, 6) is 0.767. The molecule has 1 aliphatic rings. The minimum Gasteiger partial charge on any atom is -0.390 e. The van der Waals surface area contributed by atoms with Crippen LogP contribution in [0.5, 0.6) is 0 Å². The normalized spacial score (nSPS) is 37.0. The van der Waals surface area contributed by atoms with Gasteiger partial charge in [-0.3, -0.25) is 0 Å². The Morgan fingerprint density at radius 3 is 2.75 bits per heavy atom. The van der Waals surface area contributed by atoms with Gasteiger partial charge in [0.25, 0.3) is 0 Å². The van der Waals surface area contributed by atoms with Crippen molar-refractivity contribution in [2.45, 2.75) is 43.9 Å². The van der Waals surface area contributed by atoms with Crippen molar-refractivity contribution in [3.63, 3.8) is 0 Å². The molecular formula is C9H20O2Si. The van der Waals surface area contributed by atoms with Gasteiger partial charge in [-0.25, -0.2) is 0 Å². The van der Waals surface area contributed by atoms with E-state index in [0.29, 0.717) is 0 Å². The number of hydrogen-bond donors (Lipinski definition) is 1. The van der Waals surface area contributed by atoms with E-state index in [-0.39, 0.29) is 12.2 Å². The third-order valence-corrected chi connectivity index (χ3v) is 3.44. The number of rotatable bonds is 3. The van der Waals surface area contributed by atoms with Gasteiger partial charge in [0.15, 0.2) is 0 Å². The summed E-state index contributed by atoms with van der Waals surface area (Å²) >= 11 is 0. The van der Waals surface area contributed by atoms with Crippen LogP contribution in [0.3, 0.4) is 0 Å². The molecule has 0 aliphatic heterocycles. The first-order valence-corrected chi connectivity index (χ1v) is 6.40. The number of methoxy groups -OCH3 is 1. The van der Waals surface area contributed by atoms with E-state index in [1.165, 1.54) is 29.1 Å². The fraction of sp³-hybridized carbons (Fsp3) is 1.00. The molecule has 3 unspecified atom stereocenters. The Labute approximate surface area is 77.7 Å². The minimum atomic E-state index is -0.207. The monoisotopic (exact) mass is 188 g/mol. The first kappa shape index (κ1) is 10.2. The zero-order valence-corrected chi connectivity index (χ0v) is 10.1. The van der Waals surface area contributed by atoms with Crippen molar-refractivity contribution < 1.29 is 9.84 Å². The highest BCUT2D eigenvalue weighted by molar-refractivity contribution is 6.08.